The number of carbonyl (C=O) groups excluding carboxylic acids is 2. The highest BCUT2D eigenvalue weighted by molar-refractivity contribution is 5.88. The van der Waals surface area contributed by atoms with E-state index >= 15 is 0 Å². The molecule has 1 aliphatic heterocycles. The molecule has 0 aromatic rings. The second-order valence-electron chi connectivity index (χ2n) is 3.25. The summed E-state index contributed by atoms with van der Waals surface area (Å²) in [4.78, 5) is 24.1. The Hall–Kier alpha value is -1.10. The molecule has 1 aliphatic rings. The number of hydrogen-bond acceptors (Lipinski definition) is 3. The lowest BCUT2D eigenvalue weighted by Crippen LogP contribution is -2.37. The van der Waals surface area contributed by atoms with Crippen LogP contribution in [0.15, 0.2) is 0 Å². The highest BCUT2D eigenvalue weighted by atomic mass is 16.2. The normalized spacial score (nSPS) is 22.2. The number of carbonyl (C=O) groups is 2. The van der Waals surface area contributed by atoms with Crippen LogP contribution in [0.25, 0.3) is 0 Å². The van der Waals surface area contributed by atoms with Gasteiger partial charge in [0.05, 0.1) is 5.92 Å². The minimum Gasteiger partial charge on any atom is -0.342 e. The van der Waals surface area contributed by atoms with Gasteiger partial charge in [0.15, 0.2) is 0 Å². The van der Waals surface area contributed by atoms with Crippen molar-refractivity contribution in [1.29, 1.82) is 0 Å². The summed E-state index contributed by atoms with van der Waals surface area (Å²) < 4.78 is 0. The second-order valence-corrected chi connectivity index (χ2v) is 3.25. The van der Waals surface area contributed by atoms with Gasteiger partial charge in [-0.15, -0.1) is 0 Å². The SMILES string of the molecule is CCCN1C[C@H](C(=O)NN)CC1=O. The van der Waals surface area contributed by atoms with E-state index in [2.05, 4.69) is 5.43 Å². The largest absolute Gasteiger partial charge is 0.342 e. The van der Waals surface area contributed by atoms with Crippen LogP contribution in [-0.4, -0.2) is 29.8 Å². The van der Waals surface area contributed by atoms with Crippen molar-refractivity contribution in [3.05, 3.63) is 0 Å². The van der Waals surface area contributed by atoms with Crippen LogP contribution in [0, 0.1) is 5.92 Å². The third-order valence-electron chi connectivity index (χ3n) is 2.22. The zero-order valence-electron chi connectivity index (χ0n) is 7.75. The summed E-state index contributed by atoms with van der Waals surface area (Å²) in [7, 11) is 0. The first kappa shape index (κ1) is 9.98. The fourth-order valence-electron chi connectivity index (χ4n) is 1.55. The molecule has 0 aromatic heterocycles. The van der Waals surface area contributed by atoms with Crippen LogP contribution in [-0.2, 0) is 9.59 Å². The molecule has 1 fully saturated rings. The first-order chi connectivity index (χ1) is 6.19. The van der Waals surface area contributed by atoms with E-state index in [0.717, 1.165) is 13.0 Å². The van der Waals surface area contributed by atoms with Gasteiger partial charge < -0.3 is 4.90 Å². The molecule has 13 heavy (non-hydrogen) atoms. The van der Waals surface area contributed by atoms with E-state index in [1.165, 1.54) is 0 Å². The molecular weight excluding hydrogens is 170 g/mol. The number of rotatable bonds is 3. The molecule has 0 aliphatic carbocycles. The molecule has 0 bridgehead atoms. The van der Waals surface area contributed by atoms with Crippen LogP contribution in [0.1, 0.15) is 19.8 Å². The molecule has 0 aromatic carbocycles. The molecule has 3 N–H and O–H groups in total. The Balaban J connectivity index is 2.49. The summed E-state index contributed by atoms with van der Waals surface area (Å²) in [5.41, 5.74) is 2.07. The van der Waals surface area contributed by atoms with Gasteiger partial charge in [0, 0.05) is 19.5 Å². The summed E-state index contributed by atoms with van der Waals surface area (Å²) in [6.07, 6.45) is 1.21. The number of amides is 2. The molecular formula is C8H15N3O2. The Kier molecular flexibility index (Phi) is 3.25. The highest BCUT2D eigenvalue weighted by Crippen LogP contribution is 2.17. The number of likely N-dealkylation sites (tertiary alicyclic amines) is 1. The van der Waals surface area contributed by atoms with Gasteiger partial charge in [-0.05, 0) is 6.42 Å². The van der Waals surface area contributed by atoms with Crippen LogP contribution in [0.5, 0.6) is 0 Å². The first-order valence-electron chi connectivity index (χ1n) is 4.47. The maximum absolute atomic E-state index is 11.3. The summed E-state index contributed by atoms with van der Waals surface area (Å²) in [5, 5.41) is 0. The number of nitrogens with zero attached hydrogens (tertiary/aromatic N) is 1. The summed E-state index contributed by atoms with van der Waals surface area (Å²) in [5.74, 6) is 4.53. The average Bonchev–Trinajstić information content (AvgIpc) is 2.47. The monoisotopic (exact) mass is 185 g/mol. The van der Waals surface area contributed by atoms with Gasteiger partial charge in [0.2, 0.25) is 11.8 Å². The van der Waals surface area contributed by atoms with Gasteiger partial charge in [-0.3, -0.25) is 15.0 Å². The fraction of sp³-hybridized carbons (Fsp3) is 0.750. The van der Waals surface area contributed by atoms with E-state index in [9.17, 15) is 9.59 Å². The standard InChI is InChI=1S/C8H15N3O2/c1-2-3-11-5-6(4-7(11)12)8(13)10-9/h6H,2-5,9H2,1H3,(H,10,13)/t6-/m1/s1. The Morgan fingerprint density at radius 2 is 2.46 bits per heavy atom. The van der Waals surface area contributed by atoms with Gasteiger partial charge in [-0.1, -0.05) is 6.92 Å². The van der Waals surface area contributed by atoms with Crippen LogP contribution < -0.4 is 11.3 Å². The molecule has 74 valence electrons. The highest BCUT2D eigenvalue weighted by Gasteiger charge is 2.33. The minimum absolute atomic E-state index is 0.0513. The summed E-state index contributed by atoms with van der Waals surface area (Å²) in [6.45, 7) is 3.24. The van der Waals surface area contributed by atoms with E-state index in [1.54, 1.807) is 4.90 Å². The van der Waals surface area contributed by atoms with E-state index in [1.807, 2.05) is 6.92 Å². The molecule has 5 heteroatoms. The molecule has 2 amide bonds. The number of nitrogens with two attached hydrogens (primary N) is 1. The lowest BCUT2D eigenvalue weighted by Gasteiger charge is -2.14. The van der Waals surface area contributed by atoms with E-state index in [4.69, 9.17) is 5.84 Å². The molecule has 0 radical (unpaired) electrons. The van der Waals surface area contributed by atoms with Gasteiger partial charge in [0.1, 0.15) is 0 Å². The Labute approximate surface area is 77.2 Å². The van der Waals surface area contributed by atoms with Crippen molar-refractivity contribution in [2.45, 2.75) is 19.8 Å². The zero-order valence-corrected chi connectivity index (χ0v) is 7.75. The van der Waals surface area contributed by atoms with Crippen LogP contribution >= 0.6 is 0 Å². The lowest BCUT2D eigenvalue weighted by atomic mass is 10.1. The Morgan fingerprint density at radius 3 is 3.00 bits per heavy atom. The third-order valence-corrected chi connectivity index (χ3v) is 2.22. The summed E-state index contributed by atoms with van der Waals surface area (Å²) in [6, 6.07) is 0. The van der Waals surface area contributed by atoms with Crippen molar-refractivity contribution in [2.75, 3.05) is 13.1 Å². The molecule has 1 rings (SSSR count). The molecule has 0 unspecified atom stereocenters. The van der Waals surface area contributed by atoms with Gasteiger partial charge in [0.25, 0.3) is 0 Å². The summed E-state index contributed by atoms with van der Waals surface area (Å²) >= 11 is 0. The Bertz CT molecular complexity index is 217. The predicted octanol–water partition coefficient (Wildman–Crippen LogP) is -0.765. The van der Waals surface area contributed by atoms with Crippen molar-refractivity contribution in [2.24, 2.45) is 11.8 Å². The van der Waals surface area contributed by atoms with E-state index in [0.29, 0.717) is 13.0 Å². The topological polar surface area (TPSA) is 75.4 Å². The van der Waals surface area contributed by atoms with Crippen molar-refractivity contribution in [3.63, 3.8) is 0 Å². The molecule has 1 atom stereocenters. The predicted molar refractivity (Wildman–Crippen MR) is 47.3 cm³/mol. The van der Waals surface area contributed by atoms with Crippen LogP contribution in [0.4, 0.5) is 0 Å². The molecule has 5 nitrogen and oxygen atoms in total. The molecule has 0 saturated carbocycles. The first-order valence-corrected chi connectivity index (χ1v) is 4.47. The van der Waals surface area contributed by atoms with Gasteiger partial charge in [-0.2, -0.15) is 0 Å². The van der Waals surface area contributed by atoms with Gasteiger partial charge in [-0.25, -0.2) is 5.84 Å². The molecule has 1 saturated heterocycles. The van der Waals surface area contributed by atoms with E-state index in [-0.39, 0.29) is 17.7 Å². The maximum Gasteiger partial charge on any atom is 0.239 e. The number of nitrogens with one attached hydrogen (secondary N) is 1. The minimum atomic E-state index is -0.260. The van der Waals surface area contributed by atoms with Crippen molar-refractivity contribution in [3.8, 4) is 0 Å². The smallest absolute Gasteiger partial charge is 0.239 e. The Morgan fingerprint density at radius 1 is 1.77 bits per heavy atom. The van der Waals surface area contributed by atoms with Crippen LogP contribution in [0.2, 0.25) is 0 Å². The maximum atomic E-state index is 11.3. The zero-order chi connectivity index (χ0) is 9.84. The van der Waals surface area contributed by atoms with Crippen molar-refractivity contribution < 1.29 is 9.59 Å². The third kappa shape index (κ3) is 2.18. The van der Waals surface area contributed by atoms with Crippen LogP contribution in [0.3, 0.4) is 0 Å². The van der Waals surface area contributed by atoms with Crippen molar-refractivity contribution >= 4 is 11.8 Å². The van der Waals surface area contributed by atoms with Crippen molar-refractivity contribution in [1.82, 2.24) is 10.3 Å². The lowest BCUT2D eigenvalue weighted by molar-refractivity contribution is -0.129. The number of hydrazine groups is 1. The van der Waals surface area contributed by atoms with E-state index < -0.39 is 0 Å². The average molecular weight is 185 g/mol. The molecule has 1 heterocycles. The fourth-order valence-corrected chi connectivity index (χ4v) is 1.55. The molecule has 0 spiro atoms. The quantitative estimate of drug-likeness (QED) is 0.344. The van der Waals surface area contributed by atoms with Gasteiger partial charge >= 0.3 is 0 Å². The number of hydrogen-bond donors (Lipinski definition) is 2. The second kappa shape index (κ2) is 4.23.